The standard InChI is InChI=1S/C10H13N3O4/c1-7-4-9(11-5-8(7)13(15)16)12(2)6-10(14)17-3/h4-5H,6H2,1-3H3. The van der Waals surface area contributed by atoms with Gasteiger partial charge in [0.2, 0.25) is 0 Å². The second-order valence-electron chi connectivity index (χ2n) is 3.52. The molecule has 1 rings (SSSR count). The van der Waals surface area contributed by atoms with Crippen LogP contribution in [-0.4, -0.2) is 36.6 Å². The number of hydrogen-bond acceptors (Lipinski definition) is 6. The number of pyridine rings is 1. The van der Waals surface area contributed by atoms with Crippen LogP contribution in [0.3, 0.4) is 0 Å². The highest BCUT2D eigenvalue weighted by Crippen LogP contribution is 2.20. The maximum atomic E-state index is 11.1. The third kappa shape index (κ3) is 3.13. The minimum atomic E-state index is -0.494. The van der Waals surface area contributed by atoms with Crippen molar-refractivity contribution in [2.45, 2.75) is 6.92 Å². The molecule has 0 saturated heterocycles. The Balaban J connectivity index is 2.89. The Morgan fingerprint density at radius 2 is 2.29 bits per heavy atom. The predicted octanol–water partition coefficient (Wildman–Crippen LogP) is 0.907. The van der Waals surface area contributed by atoms with E-state index in [2.05, 4.69) is 9.72 Å². The Kier molecular flexibility index (Phi) is 3.97. The summed E-state index contributed by atoms with van der Waals surface area (Å²) in [6.45, 7) is 1.66. The number of methoxy groups -OCH3 is 1. The summed E-state index contributed by atoms with van der Waals surface area (Å²) in [4.78, 5) is 26.6. The number of hydrogen-bond donors (Lipinski definition) is 0. The van der Waals surface area contributed by atoms with Crippen LogP contribution in [0.25, 0.3) is 0 Å². The second kappa shape index (κ2) is 5.24. The molecule has 17 heavy (non-hydrogen) atoms. The molecule has 1 aromatic heterocycles. The smallest absolute Gasteiger partial charge is 0.325 e. The number of nitrogens with zero attached hydrogens (tertiary/aromatic N) is 3. The number of nitro groups is 1. The maximum Gasteiger partial charge on any atom is 0.325 e. The van der Waals surface area contributed by atoms with Crippen molar-refractivity contribution < 1.29 is 14.5 Å². The fourth-order valence-corrected chi connectivity index (χ4v) is 1.27. The maximum absolute atomic E-state index is 11.1. The largest absolute Gasteiger partial charge is 0.468 e. The molecule has 0 unspecified atom stereocenters. The Hall–Kier alpha value is -2.18. The van der Waals surface area contributed by atoms with E-state index in [4.69, 9.17) is 0 Å². The van der Waals surface area contributed by atoms with Crippen molar-refractivity contribution in [1.82, 2.24) is 4.98 Å². The van der Waals surface area contributed by atoms with E-state index < -0.39 is 10.9 Å². The number of aryl methyl sites for hydroxylation is 1. The highest BCUT2D eigenvalue weighted by Gasteiger charge is 2.14. The third-order valence-corrected chi connectivity index (χ3v) is 2.25. The molecular formula is C10H13N3O4. The first kappa shape index (κ1) is 12.9. The molecule has 0 aliphatic rings. The molecule has 7 nitrogen and oxygen atoms in total. The first-order chi connectivity index (χ1) is 7.95. The molecule has 0 aliphatic heterocycles. The lowest BCUT2D eigenvalue weighted by Crippen LogP contribution is -2.27. The number of carbonyl (C=O) groups is 1. The number of ether oxygens (including phenoxy) is 1. The van der Waals surface area contributed by atoms with Gasteiger partial charge in [0.25, 0.3) is 5.69 Å². The Morgan fingerprint density at radius 3 is 2.76 bits per heavy atom. The SMILES string of the molecule is COC(=O)CN(C)c1cc(C)c([N+](=O)[O-])cn1. The molecule has 0 bridgehead atoms. The number of aromatic nitrogens is 1. The zero-order valence-electron chi connectivity index (χ0n) is 9.84. The van der Waals surface area contributed by atoms with Crippen LogP contribution in [-0.2, 0) is 9.53 Å². The zero-order chi connectivity index (χ0) is 13.0. The molecule has 0 N–H and O–H groups in total. The zero-order valence-corrected chi connectivity index (χ0v) is 9.84. The topological polar surface area (TPSA) is 85.6 Å². The molecule has 0 amide bonds. The summed E-state index contributed by atoms with van der Waals surface area (Å²) >= 11 is 0. The summed E-state index contributed by atoms with van der Waals surface area (Å²) in [5.74, 6) is 0.0869. The van der Waals surface area contributed by atoms with Crippen molar-refractivity contribution in [2.24, 2.45) is 0 Å². The van der Waals surface area contributed by atoms with Gasteiger partial charge in [0.05, 0.1) is 12.0 Å². The molecule has 0 atom stereocenters. The van der Waals surface area contributed by atoms with Crippen molar-refractivity contribution in [3.8, 4) is 0 Å². The highest BCUT2D eigenvalue weighted by atomic mass is 16.6. The van der Waals surface area contributed by atoms with Crippen LogP contribution < -0.4 is 4.90 Å². The van der Waals surface area contributed by atoms with Crippen LogP contribution in [0.5, 0.6) is 0 Å². The van der Waals surface area contributed by atoms with Gasteiger partial charge in [-0.2, -0.15) is 0 Å². The van der Waals surface area contributed by atoms with E-state index in [1.165, 1.54) is 13.3 Å². The molecule has 0 spiro atoms. The molecule has 0 aliphatic carbocycles. The predicted molar refractivity (Wildman–Crippen MR) is 60.9 cm³/mol. The molecule has 1 heterocycles. The van der Waals surface area contributed by atoms with Crippen LogP contribution >= 0.6 is 0 Å². The molecule has 0 saturated carbocycles. The van der Waals surface area contributed by atoms with Crippen molar-refractivity contribution in [2.75, 3.05) is 25.6 Å². The third-order valence-electron chi connectivity index (χ3n) is 2.25. The van der Waals surface area contributed by atoms with E-state index in [1.54, 1.807) is 24.9 Å². The van der Waals surface area contributed by atoms with E-state index in [9.17, 15) is 14.9 Å². The Morgan fingerprint density at radius 1 is 1.65 bits per heavy atom. The van der Waals surface area contributed by atoms with Gasteiger partial charge in [-0.1, -0.05) is 0 Å². The van der Waals surface area contributed by atoms with Gasteiger partial charge in [0, 0.05) is 12.6 Å². The molecular weight excluding hydrogens is 226 g/mol. The van der Waals surface area contributed by atoms with Crippen LogP contribution in [0.2, 0.25) is 0 Å². The first-order valence-corrected chi connectivity index (χ1v) is 4.84. The summed E-state index contributed by atoms with van der Waals surface area (Å²) in [6, 6.07) is 1.56. The molecule has 1 aromatic rings. The number of esters is 1. The van der Waals surface area contributed by atoms with Crippen LogP contribution in [0.4, 0.5) is 11.5 Å². The number of carbonyl (C=O) groups excluding carboxylic acids is 1. The van der Waals surface area contributed by atoms with Crippen molar-refractivity contribution in [3.63, 3.8) is 0 Å². The lowest BCUT2D eigenvalue weighted by atomic mass is 10.2. The molecule has 0 aromatic carbocycles. The number of rotatable bonds is 4. The van der Waals surface area contributed by atoms with Gasteiger partial charge in [-0.25, -0.2) is 4.98 Å². The van der Waals surface area contributed by atoms with Crippen LogP contribution in [0.15, 0.2) is 12.3 Å². The van der Waals surface area contributed by atoms with E-state index in [0.717, 1.165) is 0 Å². The van der Waals surface area contributed by atoms with Gasteiger partial charge in [-0.05, 0) is 13.0 Å². The lowest BCUT2D eigenvalue weighted by molar-refractivity contribution is -0.385. The van der Waals surface area contributed by atoms with Crippen LogP contribution in [0.1, 0.15) is 5.56 Å². The van der Waals surface area contributed by atoms with Gasteiger partial charge >= 0.3 is 5.97 Å². The lowest BCUT2D eigenvalue weighted by Gasteiger charge is -2.16. The summed E-state index contributed by atoms with van der Waals surface area (Å²) in [5.41, 5.74) is 0.455. The normalized spacial score (nSPS) is 9.82. The molecule has 0 fully saturated rings. The fourth-order valence-electron chi connectivity index (χ4n) is 1.27. The Labute approximate surface area is 98.2 Å². The average molecular weight is 239 g/mol. The number of anilines is 1. The highest BCUT2D eigenvalue weighted by molar-refractivity contribution is 5.75. The fraction of sp³-hybridized carbons (Fsp3) is 0.400. The monoisotopic (exact) mass is 239 g/mol. The molecule has 92 valence electrons. The van der Waals surface area contributed by atoms with Crippen molar-refractivity contribution in [3.05, 3.63) is 27.9 Å². The van der Waals surface area contributed by atoms with Crippen molar-refractivity contribution >= 4 is 17.5 Å². The number of likely N-dealkylation sites (N-methyl/N-ethyl adjacent to an activating group) is 1. The second-order valence-corrected chi connectivity index (χ2v) is 3.52. The van der Waals surface area contributed by atoms with Gasteiger partial charge in [-0.3, -0.25) is 14.9 Å². The minimum absolute atomic E-state index is 0.0415. The minimum Gasteiger partial charge on any atom is -0.468 e. The molecule has 7 heteroatoms. The van der Waals surface area contributed by atoms with E-state index in [0.29, 0.717) is 11.4 Å². The molecule has 0 radical (unpaired) electrons. The average Bonchev–Trinajstić information content (AvgIpc) is 2.28. The van der Waals surface area contributed by atoms with E-state index in [-0.39, 0.29) is 12.2 Å². The van der Waals surface area contributed by atoms with Gasteiger partial charge in [0.15, 0.2) is 0 Å². The van der Waals surface area contributed by atoms with Gasteiger partial charge in [-0.15, -0.1) is 0 Å². The summed E-state index contributed by atoms with van der Waals surface area (Å²) in [5, 5.41) is 10.6. The summed E-state index contributed by atoms with van der Waals surface area (Å²) in [6.07, 6.45) is 1.18. The Bertz CT molecular complexity index is 447. The van der Waals surface area contributed by atoms with E-state index >= 15 is 0 Å². The first-order valence-electron chi connectivity index (χ1n) is 4.84. The quantitative estimate of drug-likeness (QED) is 0.441. The summed E-state index contributed by atoms with van der Waals surface area (Å²) < 4.78 is 4.52. The summed E-state index contributed by atoms with van der Waals surface area (Å²) in [7, 11) is 2.95. The van der Waals surface area contributed by atoms with Gasteiger partial charge in [0.1, 0.15) is 18.6 Å². The van der Waals surface area contributed by atoms with Crippen molar-refractivity contribution in [1.29, 1.82) is 0 Å². The van der Waals surface area contributed by atoms with Crippen LogP contribution in [0, 0.1) is 17.0 Å². The van der Waals surface area contributed by atoms with E-state index in [1.807, 2.05) is 0 Å². The van der Waals surface area contributed by atoms with Gasteiger partial charge < -0.3 is 9.64 Å².